The van der Waals surface area contributed by atoms with E-state index in [1.165, 1.54) is 12.1 Å². The van der Waals surface area contributed by atoms with Crippen LogP contribution < -0.4 is 15.4 Å². The molecule has 0 bridgehead atoms. The maximum absolute atomic E-state index is 13.9. The van der Waals surface area contributed by atoms with E-state index in [2.05, 4.69) is 23.8 Å². The summed E-state index contributed by atoms with van der Waals surface area (Å²) in [5.41, 5.74) is 2.44. The first-order chi connectivity index (χ1) is 19.3. The zero-order valence-electron chi connectivity index (χ0n) is 23.3. The molecular weight excluding hydrogens is 514 g/mol. The van der Waals surface area contributed by atoms with Crippen molar-refractivity contribution in [3.8, 4) is 5.75 Å². The number of amides is 1. The van der Waals surface area contributed by atoms with Crippen molar-refractivity contribution >= 4 is 5.91 Å². The minimum Gasteiger partial charge on any atom is -0.494 e. The molecule has 0 heterocycles. The van der Waals surface area contributed by atoms with E-state index < -0.39 is 23.8 Å². The largest absolute Gasteiger partial charge is 0.494 e. The lowest BCUT2D eigenvalue weighted by atomic mass is 9.99. The van der Waals surface area contributed by atoms with Gasteiger partial charge in [0.2, 0.25) is 5.91 Å². The van der Waals surface area contributed by atoms with E-state index in [9.17, 15) is 18.7 Å². The van der Waals surface area contributed by atoms with Crippen LogP contribution in [-0.2, 0) is 16.0 Å². The fraction of sp³-hybridized carbons (Fsp3) is 0.469. The summed E-state index contributed by atoms with van der Waals surface area (Å²) in [5, 5.41) is 17.5. The molecule has 8 heteroatoms. The average molecular weight is 557 g/mol. The van der Waals surface area contributed by atoms with Gasteiger partial charge < -0.3 is 25.2 Å². The molecule has 1 amide bonds. The van der Waals surface area contributed by atoms with Crippen LogP contribution in [0.5, 0.6) is 5.75 Å². The van der Waals surface area contributed by atoms with Gasteiger partial charge in [-0.3, -0.25) is 4.79 Å². The monoisotopic (exact) mass is 556 g/mol. The Bertz CT molecular complexity index is 1110. The molecule has 0 fully saturated rings. The molecule has 1 aliphatic rings. The van der Waals surface area contributed by atoms with Gasteiger partial charge >= 0.3 is 0 Å². The van der Waals surface area contributed by atoms with E-state index in [1.807, 2.05) is 31.2 Å². The van der Waals surface area contributed by atoms with Gasteiger partial charge in [-0.15, -0.1) is 13.2 Å². The Morgan fingerprint density at radius 3 is 2.60 bits per heavy atom. The van der Waals surface area contributed by atoms with Crippen LogP contribution in [-0.4, -0.2) is 42.9 Å². The number of hydrogen-bond donors (Lipinski definition) is 3. The number of ether oxygens (including phenoxy) is 2. The minimum absolute atomic E-state index is 0.0806. The zero-order valence-corrected chi connectivity index (χ0v) is 23.3. The number of unbranched alkanes of at least 4 members (excludes halogenated alkanes) is 2. The second-order valence-electron chi connectivity index (χ2n) is 10.2. The Kier molecular flexibility index (Phi) is 12.8. The summed E-state index contributed by atoms with van der Waals surface area (Å²) in [7, 11) is 0. The second kappa shape index (κ2) is 16.3. The summed E-state index contributed by atoms with van der Waals surface area (Å²) in [6.45, 7) is 10.7. The molecule has 40 heavy (non-hydrogen) atoms. The molecular formula is C32H42F2N2O4. The number of aliphatic hydroxyl groups is 1. The molecule has 2 aromatic carbocycles. The van der Waals surface area contributed by atoms with Gasteiger partial charge in [-0.2, -0.15) is 0 Å². The normalized spacial score (nSPS) is 17.6. The number of benzene rings is 2. The van der Waals surface area contributed by atoms with Crippen LogP contribution >= 0.6 is 0 Å². The molecule has 6 nitrogen and oxygen atoms in total. The Balaban J connectivity index is 1.72. The van der Waals surface area contributed by atoms with Crippen LogP contribution in [0.15, 0.2) is 61.7 Å². The smallest absolute Gasteiger partial charge is 0.220 e. The van der Waals surface area contributed by atoms with Gasteiger partial charge in [-0.1, -0.05) is 25.1 Å². The summed E-state index contributed by atoms with van der Waals surface area (Å²) in [6.07, 6.45) is 6.63. The number of nitrogens with one attached hydrogen (secondary N) is 2. The third kappa shape index (κ3) is 9.54. The molecule has 1 aliphatic carbocycles. The quantitative estimate of drug-likeness (QED) is 0.158. The van der Waals surface area contributed by atoms with Crippen molar-refractivity contribution in [2.75, 3.05) is 19.8 Å². The highest BCUT2D eigenvalue weighted by Crippen LogP contribution is 2.42. The molecule has 2 unspecified atom stereocenters. The van der Waals surface area contributed by atoms with Gasteiger partial charge in [0, 0.05) is 25.1 Å². The van der Waals surface area contributed by atoms with Gasteiger partial charge in [0.05, 0.1) is 31.5 Å². The number of hydrogen-bond acceptors (Lipinski definition) is 5. The minimum atomic E-state index is -1.01. The number of halogens is 2. The number of rotatable bonds is 18. The molecule has 0 spiro atoms. The number of carbonyl (C=O) groups excluding carboxylic acids is 1. The molecule has 4 atom stereocenters. The van der Waals surface area contributed by atoms with E-state index in [1.54, 1.807) is 6.08 Å². The highest BCUT2D eigenvalue weighted by atomic mass is 19.1. The van der Waals surface area contributed by atoms with Crippen molar-refractivity contribution in [1.82, 2.24) is 10.6 Å². The zero-order chi connectivity index (χ0) is 28.9. The lowest BCUT2D eigenvalue weighted by molar-refractivity contribution is -0.122. The van der Waals surface area contributed by atoms with Crippen molar-refractivity contribution in [2.45, 2.75) is 76.2 Å². The highest BCUT2D eigenvalue weighted by Gasteiger charge is 2.33. The van der Waals surface area contributed by atoms with E-state index in [4.69, 9.17) is 9.47 Å². The summed E-state index contributed by atoms with van der Waals surface area (Å²) >= 11 is 0. The molecule has 0 saturated heterocycles. The first kappa shape index (κ1) is 31.5. The molecule has 0 aromatic heterocycles. The summed E-state index contributed by atoms with van der Waals surface area (Å²) < 4.78 is 39.6. The predicted molar refractivity (Wildman–Crippen MR) is 153 cm³/mol. The molecule has 0 radical (unpaired) electrons. The van der Waals surface area contributed by atoms with Crippen molar-refractivity contribution in [1.29, 1.82) is 0 Å². The molecule has 3 rings (SSSR count). The summed E-state index contributed by atoms with van der Waals surface area (Å²) in [4.78, 5) is 12.7. The van der Waals surface area contributed by atoms with E-state index in [0.29, 0.717) is 38.0 Å². The van der Waals surface area contributed by atoms with E-state index in [-0.39, 0.29) is 31.0 Å². The van der Waals surface area contributed by atoms with Crippen LogP contribution in [0.25, 0.3) is 0 Å². The number of allylic oxidation sites excluding steroid dienone is 1. The predicted octanol–water partition coefficient (Wildman–Crippen LogP) is 5.87. The van der Waals surface area contributed by atoms with Crippen molar-refractivity contribution < 1.29 is 28.2 Å². The van der Waals surface area contributed by atoms with Gasteiger partial charge in [0.15, 0.2) is 0 Å². The third-order valence-corrected chi connectivity index (χ3v) is 6.94. The van der Waals surface area contributed by atoms with Crippen molar-refractivity contribution in [3.63, 3.8) is 0 Å². The summed E-state index contributed by atoms with van der Waals surface area (Å²) in [5.74, 6) is -0.850. The van der Waals surface area contributed by atoms with Crippen molar-refractivity contribution in [2.24, 2.45) is 0 Å². The van der Waals surface area contributed by atoms with Gasteiger partial charge in [-0.05, 0) is 79.5 Å². The Labute approximate surface area is 236 Å². The first-order valence-corrected chi connectivity index (χ1v) is 14.1. The molecule has 0 aliphatic heterocycles. The van der Waals surface area contributed by atoms with E-state index in [0.717, 1.165) is 42.2 Å². The topological polar surface area (TPSA) is 79.8 Å². The fourth-order valence-electron chi connectivity index (χ4n) is 4.99. The third-order valence-electron chi connectivity index (χ3n) is 6.94. The lowest BCUT2D eigenvalue weighted by Crippen LogP contribution is -2.49. The van der Waals surface area contributed by atoms with Crippen LogP contribution in [0, 0.1) is 11.6 Å². The Hall–Kier alpha value is -3.07. The maximum Gasteiger partial charge on any atom is 0.220 e. The van der Waals surface area contributed by atoms with Gasteiger partial charge in [0.25, 0.3) is 0 Å². The fourth-order valence-corrected chi connectivity index (χ4v) is 4.99. The standard InChI is InChI=1S/C32H42F2N2O4/c1-4-7-8-9-10-32(38)36-29(17-22-15-23(33)18-24(34)16-22)30(37)21-35-28-20-31(40-14-6-3)26-12-11-25(19-27(26)28)39-13-5-2/h4,6,11-12,15-16,18-19,28-31,35,37H,1,3,5,7-10,13-14,17,20-21H2,2H3,(H,36,38)/t28?,29-,30+,31?/m0/s1. The molecule has 2 aromatic rings. The maximum atomic E-state index is 13.9. The van der Waals surface area contributed by atoms with Crippen molar-refractivity contribution in [3.05, 3.63) is 90.0 Å². The lowest BCUT2D eigenvalue weighted by Gasteiger charge is -2.26. The van der Waals surface area contributed by atoms with Crippen LogP contribution in [0.3, 0.4) is 0 Å². The number of fused-ring (bicyclic) bond motifs is 1. The molecule has 3 N–H and O–H groups in total. The molecule has 0 saturated carbocycles. The SMILES string of the molecule is C=CCCCCC(=O)N[C@@H](Cc1cc(F)cc(F)c1)[C@H](O)CNC1CC(OCC=C)c2ccc(OCCC)cc21. The highest BCUT2D eigenvalue weighted by molar-refractivity contribution is 5.76. The van der Waals surface area contributed by atoms with Crippen LogP contribution in [0.1, 0.15) is 74.3 Å². The van der Waals surface area contributed by atoms with Crippen LogP contribution in [0.2, 0.25) is 0 Å². The van der Waals surface area contributed by atoms with Crippen LogP contribution in [0.4, 0.5) is 8.78 Å². The Morgan fingerprint density at radius 2 is 1.90 bits per heavy atom. The van der Waals surface area contributed by atoms with Gasteiger partial charge in [0.1, 0.15) is 17.4 Å². The summed E-state index contributed by atoms with van der Waals surface area (Å²) in [6, 6.07) is 8.34. The first-order valence-electron chi connectivity index (χ1n) is 14.1. The second-order valence-corrected chi connectivity index (χ2v) is 10.2. The number of carbonyl (C=O) groups is 1. The Morgan fingerprint density at radius 1 is 1.12 bits per heavy atom. The van der Waals surface area contributed by atoms with Gasteiger partial charge in [-0.25, -0.2) is 8.78 Å². The van der Waals surface area contributed by atoms with E-state index >= 15 is 0 Å². The molecule has 218 valence electrons. The number of aliphatic hydroxyl groups excluding tert-OH is 1. The average Bonchev–Trinajstić information content (AvgIpc) is 3.27.